The fraction of sp³-hybridized carbons (Fsp3) is 0.294. The number of nitrogens with two attached hydrogens (primary N) is 1. The van der Waals surface area contributed by atoms with Gasteiger partial charge in [0.05, 0.1) is 0 Å². The molecule has 2 heteroatoms. The van der Waals surface area contributed by atoms with Crippen LogP contribution in [0.15, 0.2) is 48.5 Å². The van der Waals surface area contributed by atoms with Gasteiger partial charge < -0.3 is 5.73 Å². The van der Waals surface area contributed by atoms with E-state index < -0.39 is 0 Å². The summed E-state index contributed by atoms with van der Waals surface area (Å²) in [6.07, 6.45) is 3.58. The minimum atomic E-state index is -0.248. The maximum absolute atomic E-state index is 13.2. The van der Waals surface area contributed by atoms with Crippen molar-refractivity contribution < 1.29 is 4.39 Å². The van der Waals surface area contributed by atoms with Gasteiger partial charge in [-0.25, -0.2) is 4.39 Å². The lowest BCUT2D eigenvalue weighted by atomic mass is 9.75. The van der Waals surface area contributed by atoms with Crippen LogP contribution in [0.1, 0.15) is 23.1 Å². The molecule has 0 aromatic heterocycles. The molecule has 1 atom stereocenters. The molecule has 0 radical (unpaired) electrons. The Hall–Kier alpha value is -1.67. The zero-order valence-corrected chi connectivity index (χ0v) is 10.9. The third-order valence-electron chi connectivity index (χ3n) is 4.00. The third kappa shape index (κ3) is 2.69. The minimum absolute atomic E-state index is 0.183. The van der Waals surface area contributed by atoms with Crippen LogP contribution in [0, 0.1) is 5.82 Å². The van der Waals surface area contributed by atoms with Crippen molar-refractivity contribution in [1.82, 2.24) is 0 Å². The molecule has 2 aromatic rings. The molecule has 98 valence electrons. The van der Waals surface area contributed by atoms with Crippen molar-refractivity contribution in [2.45, 2.75) is 31.2 Å². The van der Waals surface area contributed by atoms with Crippen LogP contribution in [-0.4, -0.2) is 5.54 Å². The van der Waals surface area contributed by atoms with Gasteiger partial charge >= 0.3 is 0 Å². The van der Waals surface area contributed by atoms with E-state index in [4.69, 9.17) is 5.73 Å². The minimum Gasteiger partial charge on any atom is -0.324 e. The summed E-state index contributed by atoms with van der Waals surface area (Å²) in [7, 11) is 0. The van der Waals surface area contributed by atoms with Gasteiger partial charge in [-0.15, -0.1) is 0 Å². The second-order valence-electron chi connectivity index (χ2n) is 5.61. The first-order valence-electron chi connectivity index (χ1n) is 6.75. The van der Waals surface area contributed by atoms with Crippen LogP contribution in [0.25, 0.3) is 0 Å². The molecule has 1 aliphatic carbocycles. The van der Waals surface area contributed by atoms with Gasteiger partial charge in [-0.1, -0.05) is 36.4 Å². The molecule has 19 heavy (non-hydrogen) atoms. The Morgan fingerprint density at radius 1 is 1.05 bits per heavy atom. The standard InChI is InChI=1S/C17H18FN/c18-16-7-3-4-13(10-16)11-17(19)9-8-14-5-1-2-6-15(14)12-17/h1-7,10H,8-9,11-12,19H2. The molecule has 1 aliphatic rings. The highest BCUT2D eigenvalue weighted by molar-refractivity contribution is 5.33. The normalized spacial score (nSPS) is 22.0. The number of fused-ring (bicyclic) bond motifs is 1. The summed E-state index contributed by atoms with van der Waals surface area (Å²) in [5, 5.41) is 0. The van der Waals surface area contributed by atoms with Crippen molar-refractivity contribution in [2.75, 3.05) is 0 Å². The van der Waals surface area contributed by atoms with E-state index in [1.54, 1.807) is 12.1 Å². The summed E-state index contributed by atoms with van der Waals surface area (Å²) in [6, 6.07) is 15.3. The van der Waals surface area contributed by atoms with E-state index in [9.17, 15) is 4.39 Å². The number of hydrogen-bond donors (Lipinski definition) is 1. The largest absolute Gasteiger partial charge is 0.324 e. The van der Waals surface area contributed by atoms with Gasteiger partial charge in [0.25, 0.3) is 0 Å². The zero-order valence-electron chi connectivity index (χ0n) is 10.9. The highest BCUT2D eigenvalue weighted by atomic mass is 19.1. The van der Waals surface area contributed by atoms with E-state index in [2.05, 4.69) is 24.3 Å². The molecule has 2 aromatic carbocycles. The summed E-state index contributed by atoms with van der Waals surface area (Å²) in [4.78, 5) is 0. The SMILES string of the molecule is NC1(Cc2cccc(F)c2)CCc2ccccc2C1. The topological polar surface area (TPSA) is 26.0 Å². The molecule has 0 saturated carbocycles. The van der Waals surface area contributed by atoms with E-state index in [0.29, 0.717) is 0 Å². The van der Waals surface area contributed by atoms with Crippen LogP contribution in [0.3, 0.4) is 0 Å². The molecule has 1 unspecified atom stereocenters. The van der Waals surface area contributed by atoms with Gasteiger partial charge in [-0.2, -0.15) is 0 Å². The summed E-state index contributed by atoms with van der Waals surface area (Å²) < 4.78 is 13.2. The lowest BCUT2D eigenvalue weighted by Gasteiger charge is -2.35. The predicted octanol–water partition coefficient (Wildman–Crippen LogP) is 3.25. The van der Waals surface area contributed by atoms with Crippen molar-refractivity contribution in [3.63, 3.8) is 0 Å². The van der Waals surface area contributed by atoms with Crippen molar-refractivity contribution in [3.05, 3.63) is 71.0 Å². The van der Waals surface area contributed by atoms with Crippen molar-refractivity contribution in [3.8, 4) is 0 Å². The monoisotopic (exact) mass is 255 g/mol. The van der Waals surface area contributed by atoms with Crippen LogP contribution < -0.4 is 5.73 Å². The lowest BCUT2D eigenvalue weighted by Crippen LogP contribution is -2.47. The van der Waals surface area contributed by atoms with E-state index >= 15 is 0 Å². The maximum Gasteiger partial charge on any atom is 0.123 e. The number of benzene rings is 2. The lowest BCUT2D eigenvalue weighted by molar-refractivity contribution is 0.369. The number of aryl methyl sites for hydroxylation is 1. The van der Waals surface area contributed by atoms with Gasteiger partial charge in [0.2, 0.25) is 0 Å². The van der Waals surface area contributed by atoms with Gasteiger partial charge in [-0.3, -0.25) is 0 Å². The first kappa shape index (κ1) is 12.4. The molecule has 0 saturated heterocycles. The molecule has 0 heterocycles. The second kappa shape index (κ2) is 4.78. The van der Waals surface area contributed by atoms with Crippen molar-refractivity contribution in [1.29, 1.82) is 0 Å². The summed E-state index contributed by atoms with van der Waals surface area (Å²) in [5.41, 5.74) is 10.0. The fourth-order valence-electron chi connectivity index (χ4n) is 3.03. The van der Waals surface area contributed by atoms with Crippen molar-refractivity contribution in [2.24, 2.45) is 5.73 Å². The van der Waals surface area contributed by atoms with Crippen molar-refractivity contribution >= 4 is 0 Å². The van der Waals surface area contributed by atoms with E-state index in [0.717, 1.165) is 31.2 Å². The van der Waals surface area contributed by atoms with Crippen LogP contribution >= 0.6 is 0 Å². The number of rotatable bonds is 2. The number of hydrogen-bond acceptors (Lipinski definition) is 1. The highest BCUT2D eigenvalue weighted by Gasteiger charge is 2.30. The first-order chi connectivity index (χ1) is 9.15. The molecule has 0 fully saturated rings. The molecule has 0 spiro atoms. The van der Waals surface area contributed by atoms with Crippen LogP contribution in [-0.2, 0) is 19.3 Å². The average molecular weight is 255 g/mol. The molecule has 2 N–H and O–H groups in total. The Bertz CT molecular complexity index is 593. The molecular weight excluding hydrogens is 237 g/mol. The molecule has 0 bridgehead atoms. The first-order valence-corrected chi connectivity index (χ1v) is 6.75. The quantitative estimate of drug-likeness (QED) is 0.875. The molecule has 0 aliphatic heterocycles. The summed E-state index contributed by atoms with van der Waals surface area (Å²) >= 11 is 0. The highest BCUT2D eigenvalue weighted by Crippen LogP contribution is 2.29. The second-order valence-corrected chi connectivity index (χ2v) is 5.61. The van der Waals surface area contributed by atoms with E-state index in [-0.39, 0.29) is 11.4 Å². The average Bonchev–Trinajstić information content (AvgIpc) is 2.38. The van der Waals surface area contributed by atoms with Crippen LogP contribution in [0.5, 0.6) is 0 Å². The van der Waals surface area contributed by atoms with E-state index in [1.165, 1.54) is 17.2 Å². The Balaban J connectivity index is 1.82. The Morgan fingerprint density at radius 3 is 2.63 bits per heavy atom. The number of halogens is 1. The summed E-state index contributed by atoms with van der Waals surface area (Å²) in [5.74, 6) is -0.183. The Kier molecular flexibility index (Phi) is 3.11. The van der Waals surface area contributed by atoms with Gasteiger partial charge in [0, 0.05) is 5.54 Å². The van der Waals surface area contributed by atoms with E-state index in [1.807, 2.05) is 6.07 Å². The fourth-order valence-corrected chi connectivity index (χ4v) is 3.03. The zero-order chi connectivity index (χ0) is 13.3. The Labute approximate surface area is 113 Å². The molecule has 1 nitrogen and oxygen atoms in total. The maximum atomic E-state index is 13.2. The van der Waals surface area contributed by atoms with Gasteiger partial charge in [0.15, 0.2) is 0 Å². The summed E-state index contributed by atoms with van der Waals surface area (Å²) in [6.45, 7) is 0. The van der Waals surface area contributed by atoms with Crippen LogP contribution in [0.2, 0.25) is 0 Å². The Morgan fingerprint density at radius 2 is 1.84 bits per heavy atom. The predicted molar refractivity (Wildman–Crippen MR) is 75.5 cm³/mol. The smallest absolute Gasteiger partial charge is 0.123 e. The van der Waals surface area contributed by atoms with Crippen LogP contribution in [0.4, 0.5) is 4.39 Å². The molecule has 3 rings (SSSR count). The van der Waals surface area contributed by atoms with Gasteiger partial charge in [0.1, 0.15) is 5.82 Å². The third-order valence-corrected chi connectivity index (χ3v) is 4.00. The molecule has 0 amide bonds. The molecular formula is C17H18FN. The van der Waals surface area contributed by atoms with Gasteiger partial charge in [-0.05, 0) is 54.5 Å².